The van der Waals surface area contributed by atoms with Crippen LogP contribution < -0.4 is 15.0 Å². The number of aliphatic imine (C=N–C) groups is 1. The van der Waals surface area contributed by atoms with Crippen LogP contribution in [0, 0.1) is 0 Å². The minimum Gasteiger partial charge on any atom is -0.406 e. The number of alkyl halides is 3. The Morgan fingerprint density at radius 1 is 1.07 bits per heavy atom. The molecule has 1 aliphatic heterocycles. The van der Waals surface area contributed by atoms with Crippen molar-refractivity contribution in [2.75, 3.05) is 23.7 Å². The first-order valence-electron chi connectivity index (χ1n) is 13.9. The summed E-state index contributed by atoms with van der Waals surface area (Å²) in [4.78, 5) is 11.4. The molecule has 0 spiro atoms. The molecule has 3 aromatic carbocycles. The Morgan fingerprint density at radius 2 is 1.81 bits per heavy atom. The summed E-state index contributed by atoms with van der Waals surface area (Å²) in [5.74, 6) is 1.64. The largest absolute Gasteiger partial charge is 0.573 e. The second kappa shape index (κ2) is 13.6. The van der Waals surface area contributed by atoms with E-state index in [0.717, 1.165) is 41.4 Å². The van der Waals surface area contributed by atoms with Crippen molar-refractivity contribution in [3.63, 3.8) is 0 Å². The van der Waals surface area contributed by atoms with Crippen molar-refractivity contribution < 1.29 is 17.9 Å². The highest BCUT2D eigenvalue weighted by atomic mass is 32.2. The molecule has 1 saturated heterocycles. The lowest BCUT2D eigenvalue weighted by Gasteiger charge is -2.32. The van der Waals surface area contributed by atoms with Crippen molar-refractivity contribution in [3.8, 4) is 22.8 Å². The second-order valence-electron chi connectivity index (χ2n) is 10.2. The normalized spacial score (nSPS) is 14.7. The quantitative estimate of drug-likeness (QED) is 0.205. The van der Waals surface area contributed by atoms with Crippen molar-refractivity contribution in [3.05, 3.63) is 90.3 Å². The number of nitrogens with one attached hydrogen (secondary N) is 1. The Labute approximate surface area is 258 Å². The van der Waals surface area contributed by atoms with E-state index in [4.69, 9.17) is 17.2 Å². The van der Waals surface area contributed by atoms with Crippen molar-refractivity contribution in [2.45, 2.75) is 39.0 Å². The van der Waals surface area contributed by atoms with Gasteiger partial charge in [0, 0.05) is 30.1 Å². The van der Waals surface area contributed by atoms with Crippen LogP contribution >= 0.6 is 24.0 Å². The first-order valence-corrected chi connectivity index (χ1v) is 15.3. The summed E-state index contributed by atoms with van der Waals surface area (Å²) in [7, 11) is 0. The van der Waals surface area contributed by atoms with E-state index < -0.39 is 6.36 Å². The number of rotatable bonds is 8. The SMILES string of the molecule is CC(C)c1ccccc1N1CCCS/C1=N\C(=S)NCCc1ccc(-c2ncn(-c3ccc(OC(F)(F)F)cc3)n2)cc1. The number of aromatic nitrogens is 3. The fourth-order valence-electron chi connectivity index (χ4n) is 4.68. The topological polar surface area (TPSA) is 67.6 Å². The highest BCUT2D eigenvalue weighted by Crippen LogP contribution is 2.32. The van der Waals surface area contributed by atoms with E-state index in [2.05, 4.69) is 63.1 Å². The van der Waals surface area contributed by atoms with Crippen molar-refractivity contribution in [1.82, 2.24) is 20.1 Å². The summed E-state index contributed by atoms with van der Waals surface area (Å²) in [6.07, 6.45) is -1.37. The molecule has 1 fully saturated rings. The number of para-hydroxylation sites is 1. The van der Waals surface area contributed by atoms with Crippen LogP contribution in [-0.4, -0.2) is 50.2 Å². The maximum absolute atomic E-state index is 12.4. The highest BCUT2D eigenvalue weighted by molar-refractivity contribution is 8.14. The van der Waals surface area contributed by atoms with Crippen LogP contribution in [0.3, 0.4) is 0 Å². The third-order valence-electron chi connectivity index (χ3n) is 6.76. The number of ether oxygens (including phenoxy) is 1. The van der Waals surface area contributed by atoms with Gasteiger partial charge < -0.3 is 15.0 Å². The lowest BCUT2D eigenvalue weighted by Crippen LogP contribution is -2.36. The van der Waals surface area contributed by atoms with Crippen molar-refractivity contribution in [2.24, 2.45) is 4.99 Å². The van der Waals surface area contributed by atoms with Crippen LogP contribution in [0.15, 0.2) is 84.1 Å². The lowest BCUT2D eigenvalue weighted by atomic mass is 10.0. The average Bonchev–Trinajstić information content (AvgIpc) is 3.48. The molecular formula is C31H31F3N6OS2. The third kappa shape index (κ3) is 8.14. The monoisotopic (exact) mass is 624 g/mol. The van der Waals surface area contributed by atoms with E-state index in [0.29, 0.717) is 29.1 Å². The van der Waals surface area contributed by atoms with Crippen LogP contribution in [0.5, 0.6) is 5.75 Å². The van der Waals surface area contributed by atoms with Gasteiger partial charge in [-0.05, 0) is 72.4 Å². The molecule has 1 N–H and O–H groups in total. The fourth-order valence-corrected chi connectivity index (χ4v) is 5.88. The molecule has 43 heavy (non-hydrogen) atoms. The van der Waals surface area contributed by atoms with Gasteiger partial charge >= 0.3 is 6.36 Å². The van der Waals surface area contributed by atoms with Gasteiger partial charge in [0.2, 0.25) is 0 Å². The predicted molar refractivity (Wildman–Crippen MR) is 170 cm³/mol. The number of hydrogen-bond acceptors (Lipinski definition) is 5. The number of benzene rings is 3. The molecule has 0 aliphatic carbocycles. The van der Waals surface area contributed by atoms with Gasteiger partial charge in [-0.2, -0.15) is 4.99 Å². The number of amidine groups is 1. The molecule has 2 heterocycles. The minimum atomic E-state index is -4.74. The molecule has 1 aliphatic rings. The van der Waals surface area contributed by atoms with Gasteiger partial charge in [0.05, 0.1) is 5.69 Å². The third-order valence-corrected chi connectivity index (χ3v) is 8.06. The number of halogens is 3. The molecule has 0 saturated carbocycles. The van der Waals surface area contributed by atoms with Crippen molar-refractivity contribution >= 4 is 39.9 Å². The zero-order valence-electron chi connectivity index (χ0n) is 23.7. The molecular weight excluding hydrogens is 594 g/mol. The van der Waals surface area contributed by atoms with Crippen LogP contribution in [0.4, 0.5) is 18.9 Å². The van der Waals surface area contributed by atoms with Gasteiger partial charge in [0.15, 0.2) is 16.1 Å². The van der Waals surface area contributed by atoms with Gasteiger partial charge in [0.1, 0.15) is 12.1 Å². The van der Waals surface area contributed by atoms with Gasteiger partial charge in [-0.3, -0.25) is 0 Å². The number of thiocarbonyl (C=S) groups is 1. The Bertz CT molecular complexity index is 1570. The van der Waals surface area contributed by atoms with Gasteiger partial charge in [-0.15, -0.1) is 18.3 Å². The zero-order chi connectivity index (χ0) is 30.4. The molecule has 0 unspecified atom stereocenters. The van der Waals surface area contributed by atoms with Crippen molar-refractivity contribution in [1.29, 1.82) is 0 Å². The standard InChI is InChI=1S/C31H31F3N6OS2/c1-21(2)26-6-3-4-7-27(26)39-18-5-19-43-30(39)37-29(42)35-17-16-22-8-10-23(11-9-22)28-36-20-40(38-28)24-12-14-25(15-13-24)41-31(32,33)34/h3-4,6-15,20-21H,5,16-19H2,1-2H3,(H,35,42)/b37-30-. The van der Waals surface area contributed by atoms with E-state index in [1.165, 1.54) is 46.5 Å². The summed E-state index contributed by atoms with van der Waals surface area (Å²) in [6, 6.07) is 21.8. The van der Waals surface area contributed by atoms with Gasteiger partial charge in [-0.1, -0.05) is 68.1 Å². The summed E-state index contributed by atoms with van der Waals surface area (Å²) < 4.78 is 42.6. The number of nitrogens with zero attached hydrogens (tertiary/aromatic N) is 5. The van der Waals surface area contributed by atoms with Crippen LogP contribution in [-0.2, 0) is 6.42 Å². The molecule has 0 atom stereocenters. The minimum absolute atomic E-state index is 0.294. The van der Waals surface area contributed by atoms with E-state index >= 15 is 0 Å². The Morgan fingerprint density at radius 3 is 2.53 bits per heavy atom. The molecule has 224 valence electrons. The van der Waals surface area contributed by atoms with Crippen LogP contribution in [0.1, 0.15) is 37.3 Å². The predicted octanol–water partition coefficient (Wildman–Crippen LogP) is 7.37. The highest BCUT2D eigenvalue weighted by Gasteiger charge is 2.31. The van der Waals surface area contributed by atoms with Gasteiger partial charge in [0.25, 0.3) is 0 Å². The van der Waals surface area contributed by atoms with E-state index in [9.17, 15) is 13.2 Å². The molecule has 4 aromatic rings. The molecule has 7 nitrogen and oxygen atoms in total. The molecule has 0 bridgehead atoms. The smallest absolute Gasteiger partial charge is 0.406 e. The second-order valence-corrected chi connectivity index (χ2v) is 11.6. The molecule has 5 rings (SSSR count). The zero-order valence-corrected chi connectivity index (χ0v) is 25.3. The summed E-state index contributed by atoms with van der Waals surface area (Å²) in [5, 5.41) is 9.14. The fraction of sp³-hybridized carbons (Fsp3) is 0.290. The maximum Gasteiger partial charge on any atom is 0.573 e. The average molecular weight is 625 g/mol. The maximum atomic E-state index is 12.4. The Kier molecular flexibility index (Phi) is 9.66. The van der Waals surface area contributed by atoms with Gasteiger partial charge in [-0.25, -0.2) is 9.67 Å². The van der Waals surface area contributed by atoms with Crippen LogP contribution in [0.25, 0.3) is 17.1 Å². The Hall–Kier alpha value is -3.90. The number of thioether (sulfide) groups is 1. The summed E-state index contributed by atoms with van der Waals surface area (Å²) >= 11 is 7.32. The molecule has 0 radical (unpaired) electrons. The van der Waals surface area contributed by atoms with E-state index in [1.807, 2.05) is 24.3 Å². The summed E-state index contributed by atoms with van der Waals surface area (Å²) in [6.45, 7) is 5.97. The number of hydrogen-bond donors (Lipinski definition) is 1. The molecule has 1 aromatic heterocycles. The summed E-state index contributed by atoms with van der Waals surface area (Å²) in [5.41, 5.74) is 5.00. The Balaban J connectivity index is 1.16. The molecule has 0 amide bonds. The van der Waals surface area contributed by atoms with Crippen LogP contribution in [0.2, 0.25) is 0 Å². The van der Waals surface area contributed by atoms with E-state index in [-0.39, 0.29) is 5.75 Å². The lowest BCUT2D eigenvalue weighted by molar-refractivity contribution is -0.274. The number of anilines is 1. The first kappa shape index (κ1) is 30.6. The first-order chi connectivity index (χ1) is 20.7. The molecule has 12 heteroatoms. The van der Waals surface area contributed by atoms with E-state index in [1.54, 1.807) is 11.8 Å².